The van der Waals surface area contributed by atoms with Gasteiger partial charge in [0.2, 0.25) is 0 Å². The highest BCUT2D eigenvalue weighted by molar-refractivity contribution is 6.32. The summed E-state index contributed by atoms with van der Waals surface area (Å²) in [6, 6.07) is 0.645. The number of carboxylic acids is 1. The van der Waals surface area contributed by atoms with Crippen LogP contribution in [0.15, 0.2) is 6.07 Å². The van der Waals surface area contributed by atoms with Gasteiger partial charge in [-0.25, -0.2) is 8.78 Å². The molecule has 0 aromatic heterocycles. The highest BCUT2D eigenvalue weighted by atomic mass is 35.5. The van der Waals surface area contributed by atoms with Gasteiger partial charge in [-0.15, -0.1) is 0 Å². The zero-order valence-electron chi connectivity index (χ0n) is 9.22. The van der Waals surface area contributed by atoms with Crippen LogP contribution in [-0.4, -0.2) is 16.2 Å². The second kappa shape index (κ2) is 4.49. The van der Waals surface area contributed by atoms with E-state index in [0.29, 0.717) is 6.07 Å². The lowest BCUT2D eigenvalue weighted by molar-refractivity contribution is -0.138. The molecule has 0 saturated carbocycles. The molecule has 17 heavy (non-hydrogen) atoms. The van der Waals surface area contributed by atoms with Crippen molar-refractivity contribution in [3.63, 3.8) is 0 Å². The molecule has 0 aliphatic rings. The number of carboxylic acid groups (broad SMARTS) is 1. The Morgan fingerprint density at radius 3 is 2.47 bits per heavy atom. The normalized spacial score (nSPS) is 11.6. The summed E-state index contributed by atoms with van der Waals surface area (Å²) in [5.74, 6) is -4.31. The van der Waals surface area contributed by atoms with Crippen molar-refractivity contribution in [1.82, 2.24) is 0 Å². The fourth-order valence-electron chi connectivity index (χ4n) is 1.67. The third-order valence-corrected chi connectivity index (χ3v) is 2.70. The first-order valence-corrected chi connectivity index (χ1v) is 5.13. The maximum absolute atomic E-state index is 13.6. The Bertz CT molecular complexity index is 446. The van der Waals surface area contributed by atoms with Gasteiger partial charge in [-0.3, -0.25) is 4.79 Å². The summed E-state index contributed by atoms with van der Waals surface area (Å²) < 4.78 is 26.8. The lowest BCUT2D eigenvalue weighted by atomic mass is 9.80. The van der Waals surface area contributed by atoms with Gasteiger partial charge < -0.3 is 10.2 Å². The highest BCUT2D eigenvalue weighted by Crippen LogP contribution is 2.40. The van der Waals surface area contributed by atoms with Crippen molar-refractivity contribution in [2.24, 2.45) is 0 Å². The standard InChI is InChI=1S/C11H11ClF2O3/c1-11(2,4-7(15)16)8-9(14)6(13)3-5(12)10(8)17/h3,17H,4H2,1-2H3,(H,15,16). The second-order valence-corrected chi connectivity index (χ2v) is 4.74. The van der Waals surface area contributed by atoms with Crippen LogP contribution in [0.3, 0.4) is 0 Å². The molecular formula is C11H11ClF2O3. The third-order valence-electron chi connectivity index (χ3n) is 2.42. The molecule has 2 N–H and O–H groups in total. The van der Waals surface area contributed by atoms with Gasteiger partial charge in [0.1, 0.15) is 5.75 Å². The molecule has 6 heteroatoms. The molecule has 94 valence electrons. The van der Waals surface area contributed by atoms with Crippen molar-refractivity contribution >= 4 is 17.6 Å². The first kappa shape index (κ1) is 13.7. The molecule has 0 atom stereocenters. The first-order chi connectivity index (χ1) is 7.66. The average Bonchev–Trinajstić information content (AvgIpc) is 2.12. The van der Waals surface area contributed by atoms with Crippen molar-refractivity contribution in [2.45, 2.75) is 25.7 Å². The first-order valence-electron chi connectivity index (χ1n) is 4.75. The number of benzene rings is 1. The number of phenolic OH excluding ortho intramolecular Hbond substituents is 1. The van der Waals surface area contributed by atoms with Crippen molar-refractivity contribution in [3.05, 3.63) is 28.3 Å². The van der Waals surface area contributed by atoms with Gasteiger partial charge in [0.25, 0.3) is 0 Å². The van der Waals surface area contributed by atoms with Gasteiger partial charge in [0.05, 0.1) is 11.4 Å². The van der Waals surface area contributed by atoms with E-state index in [1.807, 2.05) is 0 Å². The number of phenols is 1. The number of hydrogen-bond donors (Lipinski definition) is 2. The largest absolute Gasteiger partial charge is 0.506 e. The molecule has 0 saturated heterocycles. The van der Waals surface area contributed by atoms with Crippen LogP contribution in [0.4, 0.5) is 8.78 Å². The van der Waals surface area contributed by atoms with E-state index < -0.39 is 40.8 Å². The molecule has 0 amide bonds. The number of rotatable bonds is 3. The molecule has 0 bridgehead atoms. The van der Waals surface area contributed by atoms with Crippen LogP contribution in [0.1, 0.15) is 25.8 Å². The highest BCUT2D eigenvalue weighted by Gasteiger charge is 2.33. The van der Waals surface area contributed by atoms with Crippen LogP contribution in [0.2, 0.25) is 5.02 Å². The lowest BCUT2D eigenvalue weighted by Crippen LogP contribution is -2.24. The van der Waals surface area contributed by atoms with Gasteiger partial charge >= 0.3 is 5.97 Å². The maximum Gasteiger partial charge on any atom is 0.304 e. The Kier molecular flexibility index (Phi) is 3.62. The Labute approximate surface area is 102 Å². The molecule has 0 unspecified atom stereocenters. The van der Waals surface area contributed by atoms with Crippen LogP contribution < -0.4 is 0 Å². The summed E-state index contributed by atoms with van der Waals surface area (Å²) >= 11 is 5.53. The summed E-state index contributed by atoms with van der Waals surface area (Å²) in [4.78, 5) is 10.6. The van der Waals surface area contributed by atoms with E-state index in [1.165, 1.54) is 13.8 Å². The minimum atomic E-state index is -1.28. The van der Waals surface area contributed by atoms with Crippen LogP contribution in [-0.2, 0) is 10.2 Å². The summed E-state index contributed by atoms with van der Waals surface area (Å²) in [6.07, 6.45) is -0.461. The SMILES string of the molecule is CC(C)(CC(=O)O)c1c(O)c(Cl)cc(F)c1F. The van der Waals surface area contributed by atoms with Gasteiger partial charge in [0.15, 0.2) is 11.6 Å². The molecule has 1 aromatic carbocycles. The number of aliphatic carboxylic acids is 1. The van der Waals surface area contributed by atoms with E-state index in [9.17, 15) is 18.7 Å². The summed E-state index contributed by atoms with van der Waals surface area (Å²) in [7, 11) is 0. The number of aromatic hydroxyl groups is 1. The van der Waals surface area contributed by atoms with E-state index in [4.69, 9.17) is 16.7 Å². The average molecular weight is 265 g/mol. The van der Waals surface area contributed by atoms with Crippen molar-refractivity contribution < 1.29 is 23.8 Å². The zero-order chi connectivity index (χ0) is 13.4. The summed E-state index contributed by atoms with van der Waals surface area (Å²) in [5, 5.41) is 18.0. The molecular weight excluding hydrogens is 254 g/mol. The van der Waals surface area contributed by atoms with Crippen LogP contribution >= 0.6 is 11.6 Å². The minimum absolute atomic E-state index is 0.350. The van der Waals surface area contributed by atoms with Crippen molar-refractivity contribution in [2.75, 3.05) is 0 Å². The molecule has 0 aliphatic carbocycles. The molecule has 0 fully saturated rings. The lowest BCUT2D eigenvalue weighted by Gasteiger charge is -2.25. The molecule has 0 spiro atoms. The summed E-state index contributed by atoms with van der Waals surface area (Å²) in [5.41, 5.74) is -1.70. The van der Waals surface area contributed by atoms with Crippen LogP contribution in [0.5, 0.6) is 5.75 Å². The van der Waals surface area contributed by atoms with Crippen LogP contribution in [0.25, 0.3) is 0 Å². The van der Waals surface area contributed by atoms with Crippen molar-refractivity contribution in [1.29, 1.82) is 0 Å². The maximum atomic E-state index is 13.6. The minimum Gasteiger partial charge on any atom is -0.506 e. The van der Waals surface area contributed by atoms with Crippen molar-refractivity contribution in [3.8, 4) is 5.75 Å². The quantitative estimate of drug-likeness (QED) is 0.825. The van der Waals surface area contributed by atoms with E-state index in [-0.39, 0.29) is 5.02 Å². The second-order valence-electron chi connectivity index (χ2n) is 4.33. The molecule has 3 nitrogen and oxygen atoms in total. The Morgan fingerprint density at radius 2 is 2.00 bits per heavy atom. The van der Waals surface area contributed by atoms with Crippen LogP contribution in [0, 0.1) is 11.6 Å². The van der Waals surface area contributed by atoms with Gasteiger partial charge in [-0.05, 0) is 6.07 Å². The Morgan fingerprint density at radius 1 is 1.47 bits per heavy atom. The van der Waals surface area contributed by atoms with E-state index in [2.05, 4.69) is 0 Å². The predicted octanol–water partition coefficient (Wildman–Crippen LogP) is 3.08. The fourth-order valence-corrected chi connectivity index (χ4v) is 1.86. The molecule has 0 radical (unpaired) electrons. The summed E-state index contributed by atoms with van der Waals surface area (Å²) in [6.45, 7) is 2.77. The monoisotopic (exact) mass is 264 g/mol. The predicted molar refractivity (Wildman–Crippen MR) is 58.3 cm³/mol. The molecule has 1 rings (SSSR count). The number of carbonyl (C=O) groups is 1. The van der Waals surface area contributed by atoms with E-state index in [1.54, 1.807) is 0 Å². The smallest absolute Gasteiger partial charge is 0.304 e. The topological polar surface area (TPSA) is 57.5 Å². The third kappa shape index (κ3) is 2.66. The fraction of sp³-hybridized carbons (Fsp3) is 0.364. The molecule has 0 heterocycles. The molecule has 1 aromatic rings. The Hall–Kier alpha value is -1.36. The Balaban J connectivity index is 3.44. The number of hydrogen-bond acceptors (Lipinski definition) is 2. The van der Waals surface area contributed by atoms with Gasteiger partial charge in [-0.1, -0.05) is 25.4 Å². The van der Waals surface area contributed by atoms with Gasteiger partial charge in [-0.2, -0.15) is 0 Å². The van der Waals surface area contributed by atoms with E-state index >= 15 is 0 Å². The molecule has 0 aliphatic heterocycles. The van der Waals surface area contributed by atoms with E-state index in [0.717, 1.165) is 0 Å². The number of halogens is 3. The van der Waals surface area contributed by atoms with Gasteiger partial charge in [0, 0.05) is 11.0 Å². The zero-order valence-corrected chi connectivity index (χ0v) is 9.98.